The highest BCUT2D eigenvalue weighted by Crippen LogP contribution is 2.34. The Morgan fingerprint density at radius 2 is 1.90 bits per heavy atom. The first-order valence-electron chi connectivity index (χ1n) is 10.2. The molecule has 1 aliphatic rings. The number of carbonyl (C=O) groups is 1. The number of hydrogen-bond donors (Lipinski definition) is 2. The van der Waals surface area contributed by atoms with Crippen molar-refractivity contribution in [1.82, 2.24) is 15.3 Å². The summed E-state index contributed by atoms with van der Waals surface area (Å²) in [6.45, 7) is 0. The summed E-state index contributed by atoms with van der Waals surface area (Å²) in [6, 6.07) is 17.9. The van der Waals surface area contributed by atoms with Crippen molar-refractivity contribution < 1.29 is 9.53 Å². The molecule has 0 radical (unpaired) electrons. The van der Waals surface area contributed by atoms with Crippen LogP contribution in [0.25, 0.3) is 0 Å². The highest BCUT2D eigenvalue weighted by Gasteiger charge is 2.23. The lowest BCUT2D eigenvalue weighted by molar-refractivity contribution is 0.0936. The monoisotopic (exact) mass is 403 g/mol. The van der Waals surface area contributed by atoms with Crippen molar-refractivity contribution in [2.75, 3.05) is 7.11 Å². The van der Waals surface area contributed by atoms with E-state index in [2.05, 4.69) is 10.3 Å². The summed E-state index contributed by atoms with van der Waals surface area (Å²) < 4.78 is 5.25. The fourth-order valence-corrected chi connectivity index (χ4v) is 3.64. The maximum absolute atomic E-state index is 12.8. The van der Waals surface area contributed by atoms with Crippen LogP contribution in [-0.4, -0.2) is 23.0 Å². The molecule has 2 N–H and O–H groups in total. The zero-order chi connectivity index (χ0) is 20.9. The molecule has 0 unspecified atom stereocenters. The molecule has 1 atom stereocenters. The summed E-state index contributed by atoms with van der Waals surface area (Å²) in [7, 11) is 1.62. The lowest BCUT2D eigenvalue weighted by Crippen LogP contribution is -2.31. The number of rotatable bonds is 7. The van der Waals surface area contributed by atoms with E-state index in [4.69, 9.17) is 9.72 Å². The Morgan fingerprint density at radius 3 is 2.53 bits per heavy atom. The number of aromatic amines is 1. The summed E-state index contributed by atoms with van der Waals surface area (Å²) in [5, 5.41) is 3.10. The summed E-state index contributed by atoms with van der Waals surface area (Å²) in [4.78, 5) is 32.6. The Balaban J connectivity index is 1.62. The first kappa shape index (κ1) is 19.9. The molecule has 6 nitrogen and oxygen atoms in total. The smallest absolute Gasteiger partial charge is 0.251 e. The Kier molecular flexibility index (Phi) is 5.93. The fourth-order valence-electron chi connectivity index (χ4n) is 3.64. The number of nitrogens with one attached hydrogen (secondary N) is 2. The molecule has 1 heterocycles. The Labute approximate surface area is 175 Å². The number of hydrogen-bond acceptors (Lipinski definition) is 4. The molecule has 0 aliphatic heterocycles. The molecule has 30 heavy (non-hydrogen) atoms. The van der Waals surface area contributed by atoms with Gasteiger partial charge in [0.15, 0.2) is 0 Å². The molecule has 1 aromatic heterocycles. The number of carbonyl (C=O) groups excluding carboxylic acids is 1. The van der Waals surface area contributed by atoms with E-state index >= 15 is 0 Å². The molecule has 4 rings (SSSR count). The zero-order valence-electron chi connectivity index (χ0n) is 16.9. The quantitative estimate of drug-likeness (QED) is 0.629. The van der Waals surface area contributed by atoms with Crippen LogP contribution in [0.2, 0.25) is 0 Å². The van der Waals surface area contributed by atoms with Gasteiger partial charge in [0.2, 0.25) is 0 Å². The van der Waals surface area contributed by atoms with E-state index in [1.807, 2.05) is 42.5 Å². The summed E-state index contributed by atoms with van der Waals surface area (Å²) in [6.07, 6.45) is 3.70. The highest BCUT2D eigenvalue weighted by atomic mass is 16.5. The van der Waals surface area contributed by atoms with E-state index in [1.54, 1.807) is 19.2 Å². The van der Waals surface area contributed by atoms with Gasteiger partial charge in [0.05, 0.1) is 18.8 Å². The number of benzene rings is 2. The first-order chi connectivity index (χ1) is 14.6. The van der Waals surface area contributed by atoms with Crippen molar-refractivity contribution in [3.8, 4) is 5.75 Å². The third kappa shape index (κ3) is 4.59. The van der Waals surface area contributed by atoms with E-state index < -0.39 is 0 Å². The van der Waals surface area contributed by atoms with Crippen molar-refractivity contribution >= 4 is 5.91 Å². The number of nitrogens with zero attached hydrogens (tertiary/aromatic N) is 1. The second kappa shape index (κ2) is 8.95. The number of aromatic nitrogens is 2. The number of amides is 1. The average molecular weight is 403 g/mol. The molecule has 1 saturated carbocycles. The van der Waals surface area contributed by atoms with Crippen LogP contribution >= 0.6 is 0 Å². The highest BCUT2D eigenvalue weighted by molar-refractivity contribution is 5.94. The minimum Gasteiger partial charge on any atom is -0.497 e. The number of ether oxygens (including phenoxy) is 1. The van der Waals surface area contributed by atoms with Crippen molar-refractivity contribution in [2.24, 2.45) is 0 Å². The van der Waals surface area contributed by atoms with Crippen molar-refractivity contribution in [1.29, 1.82) is 0 Å². The van der Waals surface area contributed by atoms with Gasteiger partial charge >= 0.3 is 0 Å². The maximum Gasteiger partial charge on any atom is 0.251 e. The van der Waals surface area contributed by atoms with Crippen LogP contribution in [0.1, 0.15) is 58.7 Å². The van der Waals surface area contributed by atoms with Crippen LogP contribution in [0, 0.1) is 0 Å². The molecule has 6 heteroatoms. The molecular formula is C24H25N3O3. The standard InChI is InChI=1S/C24H25N3O3/c1-30-20-12-10-16(11-13-20)21(26-24(29)18-6-3-2-4-7-18)14-19-15-22(28)27-23(25-19)17-8-5-9-17/h2-4,6-7,10-13,15,17,21H,5,8-9,14H2,1H3,(H,26,29)(H,25,27,28)/t21-/m0/s1. The SMILES string of the molecule is COc1ccc([C@H](Cc2cc(=O)[nH]c(C3CCC3)n2)NC(=O)c2ccccc2)cc1. The topological polar surface area (TPSA) is 84.1 Å². The molecule has 1 aliphatic carbocycles. The van der Waals surface area contributed by atoms with Crippen LogP contribution in [-0.2, 0) is 6.42 Å². The van der Waals surface area contributed by atoms with Crippen LogP contribution in [0.4, 0.5) is 0 Å². The molecule has 2 aromatic carbocycles. The van der Waals surface area contributed by atoms with Gasteiger partial charge in [0.1, 0.15) is 11.6 Å². The molecule has 1 amide bonds. The van der Waals surface area contributed by atoms with E-state index in [0.717, 1.165) is 30.0 Å². The normalized spacial score (nSPS) is 14.6. The average Bonchev–Trinajstić information content (AvgIpc) is 2.72. The van der Waals surface area contributed by atoms with Gasteiger partial charge in [-0.2, -0.15) is 0 Å². The van der Waals surface area contributed by atoms with Crippen LogP contribution in [0.5, 0.6) is 5.75 Å². The van der Waals surface area contributed by atoms with Crippen LogP contribution in [0.15, 0.2) is 65.5 Å². The van der Waals surface area contributed by atoms with Gasteiger partial charge in [-0.1, -0.05) is 36.8 Å². The minimum absolute atomic E-state index is 0.148. The van der Waals surface area contributed by atoms with E-state index in [-0.39, 0.29) is 17.5 Å². The van der Waals surface area contributed by atoms with Crippen LogP contribution < -0.4 is 15.6 Å². The minimum atomic E-state index is -0.327. The maximum atomic E-state index is 12.8. The van der Waals surface area contributed by atoms with Gasteiger partial charge in [0, 0.05) is 24.0 Å². The summed E-state index contributed by atoms with van der Waals surface area (Å²) in [5.74, 6) is 1.66. The predicted octanol–water partition coefficient (Wildman–Crippen LogP) is 3.76. The molecule has 0 bridgehead atoms. The van der Waals surface area contributed by atoms with Gasteiger partial charge in [-0.3, -0.25) is 9.59 Å². The zero-order valence-corrected chi connectivity index (χ0v) is 16.9. The van der Waals surface area contributed by atoms with Gasteiger partial charge < -0.3 is 15.0 Å². The second-order valence-electron chi connectivity index (χ2n) is 7.62. The van der Waals surface area contributed by atoms with Gasteiger partial charge in [-0.25, -0.2) is 4.98 Å². The summed E-state index contributed by atoms with van der Waals surface area (Å²) >= 11 is 0. The predicted molar refractivity (Wildman–Crippen MR) is 115 cm³/mol. The van der Waals surface area contributed by atoms with Crippen molar-refractivity contribution in [3.05, 3.63) is 93.7 Å². The fraction of sp³-hybridized carbons (Fsp3) is 0.292. The third-order valence-electron chi connectivity index (χ3n) is 5.58. The largest absolute Gasteiger partial charge is 0.497 e. The molecule has 1 fully saturated rings. The molecule has 0 saturated heterocycles. The van der Waals surface area contributed by atoms with Crippen LogP contribution in [0.3, 0.4) is 0 Å². The van der Waals surface area contributed by atoms with Gasteiger partial charge in [0.25, 0.3) is 11.5 Å². The third-order valence-corrected chi connectivity index (χ3v) is 5.58. The summed E-state index contributed by atoms with van der Waals surface area (Å²) in [5.41, 5.74) is 2.04. The van der Waals surface area contributed by atoms with Crippen molar-refractivity contribution in [3.63, 3.8) is 0 Å². The first-order valence-corrected chi connectivity index (χ1v) is 10.2. The Bertz CT molecular complexity index is 1060. The van der Waals surface area contributed by atoms with Gasteiger partial charge in [-0.05, 0) is 42.7 Å². The van der Waals surface area contributed by atoms with Crippen molar-refractivity contribution in [2.45, 2.75) is 37.6 Å². The molecule has 0 spiro atoms. The van der Waals surface area contributed by atoms with E-state index in [9.17, 15) is 9.59 Å². The molecule has 3 aromatic rings. The lowest BCUT2D eigenvalue weighted by Gasteiger charge is -2.25. The Morgan fingerprint density at radius 1 is 1.17 bits per heavy atom. The lowest BCUT2D eigenvalue weighted by atomic mass is 9.85. The number of H-pyrrole nitrogens is 1. The Hall–Kier alpha value is -3.41. The second-order valence-corrected chi connectivity index (χ2v) is 7.62. The van der Waals surface area contributed by atoms with E-state index in [1.165, 1.54) is 12.5 Å². The number of methoxy groups -OCH3 is 1. The molecular weight excluding hydrogens is 378 g/mol. The van der Waals surface area contributed by atoms with E-state index in [0.29, 0.717) is 23.6 Å². The molecule has 154 valence electrons. The van der Waals surface area contributed by atoms with Gasteiger partial charge in [-0.15, -0.1) is 0 Å².